The van der Waals surface area contributed by atoms with Crippen molar-refractivity contribution in [1.29, 1.82) is 0 Å². The van der Waals surface area contributed by atoms with Crippen LogP contribution in [0.3, 0.4) is 0 Å². The van der Waals surface area contributed by atoms with Crippen LogP contribution in [-0.2, 0) is 4.79 Å². The molecule has 1 amide bonds. The molecule has 2 unspecified atom stereocenters. The van der Waals surface area contributed by atoms with E-state index in [4.69, 9.17) is 0 Å². The molecule has 0 saturated carbocycles. The number of benzene rings is 1. The van der Waals surface area contributed by atoms with Crippen LogP contribution in [0.1, 0.15) is 31.0 Å². The third-order valence-corrected chi connectivity index (χ3v) is 4.61. The fraction of sp³-hybridized carbons (Fsp3) is 0.462. The SMILES string of the molecule is O=C1NC(c2ccc(Br)c([N+](=O)[O-])c2)N2CCCCC12. The second kappa shape index (κ2) is 5.14. The standard InChI is InChI=1S/C13H14BrN3O3/c14-9-5-4-8(7-11(9)17(19)20)12-15-13(18)10-3-1-2-6-16(10)12/h4-5,7,10,12H,1-3,6H2,(H,15,18). The average Bonchev–Trinajstić information content (AvgIpc) is 2.77. The summed E-state index contributed by atoms with van der Waals surface area (Å²) in [6.07, 6.45) is 2.73. The Kier molecular flexibility index (Phi) is 3.47. The molecule has 2 atom stereocenters. The molecule has 2 saturated heterocycles. The molecule has 2 fully saturated rings. The summed E-state index contributed by atoms with van der Waals surface area (Å²) >= 11 is 3.18. The number of nitro benzene ring substituents is 1. The van der Waals surface area contributed by atoms with Gasteiger partial charge in [-0.2, -0.15) is 0 Å². The molecule has 2 heterocycles. The Labute approximate surface area is 124 Å². The van der Waals surface area contributed by atoms with Crippen LogP contribution < -0.4 is 5.32 Å². The van der Waals surface area contributed by atoms with Crippen molar-refractivity contribution in [2.75, 3.05) is 6.54 Å². The van der Waals surface area contributed by atoms with Gasteiger partial charge in [0.25, 0.3) is 5.69 Å². The van der Waals surface area contributed by atoms with E-state index < -0.39 is 4.92 Å². The summed E-state index contributed by atoms with van der Waals surface area (Å²) in [6.45, 7) is 0.845. The maximum atomic E-state index is 12.0. The van der Waals surface area contributed by atoms with Crippen LogP contribution >= 0.6 is 15.9 Å². The highest BCUT2D eigenvalue weighted by atomic mass is 79.9. The molecule has 1 N–H and O–H groups in total. The molecule has 1 aromatic rings. The fourth-order valence-electron chi connectivity index (χ4n) is 2.97. The number of hydrogen-bond donors (Lipinski definition) is 1. The smallest absolute Gasteiger partial charge is 0.283 e. The van der Waals surface area contributed by atoms with E-state index in [1.807, 2.05) is 6.07 Å². The second-order valence-electron chi connectivity index (χ2n) is 5.13. The summed E-state index contributed by atoms with van der Waals surface area (Å²) < 4.78 is 0.450. The van der Waals surface area contributed by atoms with Gasteiger partial charge in [-0.25, -0.2) is 0 Å². The van der Waals surface area contributed by atoms with E-state index in [0.29, 0.717) is 4.47 Å². The maximum Gasteiger partial charge on any atom is 0.283 e. The number of nitrogens with one attached hydrogen (secondary N) is 1. The third kappa shape index (κ3) is 2.20. The van der Waals surface area contributed by atoms with Crippen LogP contribution in [0.5, 0.6) is 0 Å². The summed E-state index contributed by atoms with van der Waals surface area (Å²) in [4.78, 5) is 24.7. The van der Waals surface area contributed by atoms with Crippen LogP contribution in [0.4, 0.5) is 5.69 Å². The Morgan fingerprint density at radius 2 is 2.20 bits per heavy atom. The van der Waals surface area contributed by atoms with Gasteiger partial charge in [-0.3, -0.25) is 19.8 Å². The highest BCUT2D eigenvalue weighted by molar-refractivity contribution is 9.10. The van der Waals surface area contributed by atoms with Crippen molar-refractivity contribution < 1.29 is 9.72 Å². The number of fused-ring (bicyclic) bond motifs is 1. The molecular weight excluding hydrogens is 326 g/mol. The number of hydrogen-bond acceptors (Lipinski definition) is 4. The number of carbonyl (C=O) groups excluding carboxylic acids is 1. The summed E-state index contributed by atoms with van der Waals surface area (Å²) in [6, 6.07) is 4.93. The first-order valence-corrected chi connectivity index (χ1v) is 7.37. The number of carbonyl (C=O) groups is 1. The molecule has 2 aliphatic rings. The second-order valence-corrected chi connectivity index (χ2v) is 5.98. The topological polar surface area (TPSA) is 75.5 Å². The Hall–Kier alpha value is -1.47. The molecule has 20 heavy (non-hydrogen) atoms. The minimum absolute atomic E-state index is 0.0252. The van der Waals surface area contributed by atoms with Crippen LogP contribution in [0.25, 0.3) is 0 Å². The molecule has 0 spiro atoms. The van der Waals surface area contributed by atoms with Gasteiger partial charge in [0.1, 0.15) is 6.17 Å². The Morgan fingerprint density at radius 3 is 2.95 bits per heavy atom. The third-order valence-electron chi connectivity index (χ3n) is 3.94. The normalized spacial score (nSPS) is 26.1. The van der Waals surface area contributed by atoms with Crippen molar-refractivity contribution in [2.45, 2.75) is 31.5 Å². The minimum Gasteiger partial charge on any atom is -0.335 e. The lowest BCUT2D eigenvalue weighted by Gasteiger charge is -2.31. The number of rotatable bonds is 2. The zero-order valence-electron chi connectivity index (χ0n) is 10.7. The molecule has 0 radical (unpaired) electrons. The fourth-order valence-corrected chi connectivity index (χ4v) is 3.36. The van der Waals surface area contributed by atoms with Crippen LogP contribution in [0, 0.1) is 10.1 Å². The summed E-state index contributed by atoms with van der Waals surface area (Å²) in [7, 11) is 0. The van der Waals surface area contributed by atoms with Crippen LogP contribution in [0.15, 0.2) is 22.7 Å². The molecular formula is C13H14BrN3O3. The quantitative estimate of drug-likeness (QED) is 0.662. The van der Waals surface area contributed by atoms with Gasteiger partial charge >= 0.3 is 0 Å². The van der Waals surface area contributed by atoms with Gasteiger partial charge in [0, 0.05) is 12.6 Å². The highest BCUT2D eigenvalue weighted by Crippen LogP contribution is 2.35. The first-order chi connectivity index (χ1) is 9.58. The lowest BCUT2D eigenvalue weighted by Crippen LogP contribution is -2.38. The molecule has 1 aromatic carbocycles. The van der Waals surface area contributed by atoms with Gasteiger partial charge in [-0.1, -0.05) is 12.5 Å². The molecule has 2 aliphatic heterocycles. The monoisotopic (exact) mass is 339 g/mol. The van der Waals surface area contributed by atoms with Gasteiger partial charge in [-0.15, -0.1) is 0 Å². The molecule has 0 aromatic heterocycles. The van der Waals surface area contributed by atoms with E-state index in [2.05, 4.69) is 26.1 Å². The van der Waals surface area contributed by atoms with Gasteiger partial charge in [0.05, 0.1) is 15.4 Å². The van der Waals surface area contributed by atoms with E-state index in [1.165, 1.54) is 6.07 Å². The summed E-state index contributed by atoms with van der Waals surface area (Å²) in [5.74, 6) is 0.0280. The van der Waals surface area contributed by atoms with E-state index in [-0.39, 0.29) is 23.8 Å². The van der Waals surface area contributed by atoms with Crippen LogP contribution in [-0.4, -0.2) is 28.3 Å². The minimum atomic E-state index is -0.419. The van der Waals surface area contributed by atoms with Gasteiger partial charge in [-0.05, 0) is 40.4 Å². The predicted molar refractivity (Wildman–Crippen MR) is 76.0 cm³/mol. The molecule has 6 nitrogen and oxygen atoms in total. The number of amides is 1. The van der Waals surface area contributed by atoms with E-state index in [0.717, 1.165) is 31.4 Å². The van der Waals surface area contributed by atoms with Crippen molar-refractivity contribution in [3.8, 4) is 0 Å². The molecule has 106 valence electrons. The largest absolute Gasteiger partial charge is 0.335 e. The lowest BCUT2D eigenvalue weighted by molar-refractivity contribution is -0.385. The molecule has 3 rings (SSSR count). The average molecular weight is 340 g/mol. The summed E-state index contributed by atoms with van der Waals surface area (Å²) in [5, 5.41) is 14.0. The van der Waals surface area contributed by atoms with Gasteiger partial charge in [0.15, 0.2) is 0 Å². The number of nitro groups is 1. The Bertz CT molecular complexity index is 578. The van der Waals surface area contributed by atoms with Crippen molar-refractivity contribution >= 4 is 27.5 Å². The Morgan fingerprint density at radius 1 is 1.40 bits per heavy atom. The number of piperidine rings is 1. The van der Waals surface area contributed by atoms with E-state index in [9.17, 15) is 14.9 Å². The van der Waals surface area contributed by atoms with Crippen molar-refractivity contribution in [3.63, 3.8) is 0 Å². The van der Waals surface area contributed by atoms with E-state index in [1.54, 1.807) is 6.07 Å². The van der Waals surface area contributed by atoms with E-state index >= 15 is 0 Å². The molecule has 7 heteroatoms. The van der Waals surface area contributed by atoms with Gasteiger partial charge in [0.2, 0.25) is 5.91 Å². The predicted octanol–water partition coefficient (Wildman–Crippen LogP) is 2.34. The first kappa shape index (κ1) is 13.5. The van der Waals surface area contributed by atoms with Crippen molar-refractivity contribution in [2.24, 2.45) is 0 Å². The lowest BCUT2D eigenvalue weighted by atomic mass is 10.0. The number of nitrogens with zero attached hydrogens (tertiary/aromatic N) is 2. The zero-order valence-corrected chi connectivity index (χ0v) is 12.3. The zero-order chi connectivity index (χ0) is 14.3. The Balaban J connectivity index is 1.95. The first-order valence-electron chi connectivity index (χ1n) is 6.58. The van der Waals surface area contributed by atoms with Gasteiger partial charge < -0.3 is 5.32 Å². The maximum absolute atomic E-state index is 12.0. The highest BCUT2D eigenvalue weighted by Gasteiger charge is 2.41. The summed E-state index contributed by atoms with van der Waals surface area (Å²) in [5.41, 5.74) is 0.787. The van der Waals surface area contributed by atoms with Crippen molar-refractivity contribution in [3.05, 3.63) is 38.3 Å². The van der Waals surface area contributed by atoms with Crippen LogP contribution in [0.2, 0.25) is 0 Å². The number of halogens is 1. The van der Waals surface area contributed by atoms with Crippen molar-refractivity contribution in [1.82, 2.24) is 10.2 Å². The molecule has 0 bridgehead atoms. The molecule has 0 aliphatic carbocycles.